The van der Waals surface area contributed by atoms with E-state index in [4.69, 9.17) is 6.48 Å². The number of nitrogens with zero attached hydrogens (tertiary/aromatic N) is 1. The lowest BCUT2D eigenvalue weighted by atomic mass is 10.1. The van der Waals surface area contributed by atoms with Gasteiger partial charge in [0.25, 0.3) is 0 Å². The zero-order valence-corrected chi connectivity index (χ0v) is 9.32. The van der Waals surface area contributed by atoms with Crippen LogP contribution in [0.3, 0.4) is 0 Å². The van der Waals surface area contributed by atoms with Gasteiger partial charge < -0.3 is 15.3 Å². The maximum absolute atomic E-state index is 11.8. The molecule has 17 heavy (non-hydrogen) atoms. The van der Waals surface area contributed by atoms with Crippen molar-refractivity contribution in [3.63, 3.8) is 0 Å². The molecule has 4 nitrogen and oxygen atoms in total. The minimum Gasteiger partial charge on any atom is -0.396 e. The molecule has 2 atom stereocenters. The number of hydrogen-bond acceptors (Lipinski definition) is 4. The third kappa shape index (κ3) is 10.2. The summed E-state index contributed by atoms with van der Waals surface area (Å²) in [5, 5.41) is 27.1. The largest absolute Gasteiger partial charge is 0.396 e. The molecule has 0 saturated heterocycles. The Balaban J connectivity index is 3.90. The van der Waals surface area contributed by atoms with Gasteiger partial charge in [-0.3, -0.25) is 4.99 Å². The molecule has 0 radical (unpaired) electrons. The van der Waals surface area contributed by atoms with Crippen LogP contribution in [0.15, 0.2) is 4.99 Å². The summed E-state index contributed by atoms with van der Waals surface area (Å²) in [6.45, 7) is -0.435. The first-order valence-corrected chi connectivity index (χ1v) is 5.30. The topological polar surface area (TPSA) is 73.0 Å². The monoisotopic (exact) mass is 258 g/mol. The first kappa shape index (κ1) is 14.4. The second-order valence-corrected chi connectivity index (χ2v) is 3.61. The molecule has 7 heteroatoms. The van der Waals surface area contributed by atoms with E-state index >= 15 is 0 Å². The van der Waals surface area contributed by atoms with E-state index in [0.29, 0.717) is 0 Å². The third-order valence-electron chi connectivity index (χ3n) is 2.01. The van der Waals surface area contributed by atoms with Gasteiger partial charge in [0, 0.05) is 32.2 Å². The van der Waals surface area contributed by atoms with Crippen molar-refractivity contribution in [1.82, 2.24) is 0 Å². The zero-order chi connectivity index (χ0) is 14.2. The van der Waals surface area contributed by atoms with Gasteiger partial charge in [0.05, 0.1) is 13.6 Å². The lowest BCUT2D eigenvalue weighted by Crippen LogP contribution is -2.27. The normalized spacial score (nSPS) is 17.8. The van der Waals surface area contributed by atoms with Gasteiger partial charge in [-0.05, 0) is 12.8 Å². The summed E-state index contributed by atoms with van der Waals surface area (Å²) in [4.78, 5) is 3.56. The summed E-state index contributed by atoms with van der Waals surface area (Å²) in [7, 11) is 0. The summed E-state index contributed by atoms with van der Waals surface area (Å²) in [5.74, 6) is 0. The van der Waals surface area contributed by atoms with Crippen LogP contribution in [-0.4, -0.2) is 53.0 Å². The van der Waals surface area contributed by atoms with E-state index in [-0.39, 0.29) is 38.6 Å². The van der Waals surface area contributed by atoms with E-state index in [1.54, 1.807) is 0 Å². The quantitative estimate of drug-likeness (QED) is 0.447. The Hall–Kier alpha value is -0.660. The number of aliphatic hydroxyl groups is 3. The molecule has 0 aliphatic carbocycles. The van der Waals surface area contributed by atoms with Crippen molar-refractivity contribution in [1.29, 1.82) is 0 Å². The van der Waals surface area contributed by atoms with Crippen molar-refractivity contribution in [3.05, 3.63) is 0 Å². The number of hydrogen-bond donors (Lipinski definition) is 3. The van der Waals surface area contributed by atoms with Crippen molar-refractivity contribution in [2.45, 2.75) is 44.1 Å². The molecule has 0 fully saturated rings. The minimum atomic E-state index is -4.23. The SMILES string of the molecule is [2H]C(C[C@@H](O)[C@H](O)CCO)=NCCCC(F)(F)F. The highest BCUT2D eigenvalue weighted by molar-refractivity contribution is 5.57. The number of halogens is 3. The van der Waals surface area contributed by atoms with Gasteiger partial charge in [-0.15, -0.1) is 0 Å². The Morgan fingerprint density at radius 3 is 2.47 bits per heavy atom. The first-order chi connectivity index (χ1) is 8.26. The molecule has 0 bridgehead atoms. The van der Waals surface area contributed by atoms with E-state index in [0.717, 1.165) is 0 Å². The maximum Gasteiger partial charge on any atom is 0.389 e. The van der Waals surface area contributed by atoms with E-state index < -0.39 is 24.8 Å². The van der Waals surface area contributed by atoms with Crippen LogP contribution in [0.1, 0.15) is 27.1 Å². The van der Waals surface area contributed by atoms with E-state index in [2.05, 4.69) is 4.99 Å². The second-order valence-electron chi connectivity index (χ2n) is 3.61. The lowest BCUT2D eigenvalue weighted by molar-refractivity contribution is -0.134. The molecule has 0 rings (SSSR count). The molecule has 0 aromatic heterocycles. The van der Waals surface area contributed by atoms with Crippen LogP contribution in [0, 0.1) is 0 Å². The predicted molar refractivity (Wildman–Crippen MR) is 57.0 cm³/mol. The van der Waals surface area contributed by atoms with E-state index in [1.807, 2.05) is 0 Å². The summed E-state index contributed by atoms with van der Waals surface area (Å²) < 4.78 is 42.7. The smallest absolute Gasteiger partial charge is 0.389 e. The fourth-order valence-electron chi connectivity index (χ4n) is 1.06. The van der Waals surface area contributed by atoms with Crippen LogP contribution >= 0.6 is 0 Å². The molecule has 102 valence electrons. The Morgan fingerprint density at radius 2 is 1.94 bits per heavy atom. The minimum absolute atomic E-state index is 0.0253. The summed E-state index contributed by atoms with van der Waals surface area (Å²) in [6, 6.07) is 0. The molecule has 0 amide bonds. The molecule has 0 unspecified atom stereocenters. The van der Waals surface area contributed by atoms with E-state index in [9.17, 15) is 23.4 Å². The molecule has 0 heterocycles. The van der Waals surface area contributed by atoms with Gasteiger partial charge in [-0.1, -0.05) is 0 Å². The van der Waals surface area contributed by atoms with Crippen LogP contribution in [0.5, 0.6) is 0 Å². The second kappa shape index (κ2) is 8.43. The molecule has 0 aromatic rings. The highest BCUT2D eigenvalue weighted by Crippen LogP contribution is 2.20. The van der Waals surface area contributed by atoms with Crippen molar-refractivity contribution in [2.24, 2.45) is 4.99 Å². The van der Waals surface area contributed by atoms with Gasteiger partial charge >= 0.3 is 6.18 Å². The van der Waals surface area contributed by atoms with Crippen molar-refractivity contribution in [3.8, 4) is 0 Å². The van der Waals surface area contributed by atoms with Crippen molar-refractivity contribution < 1.29 is 29.9 Å². The molecule has 0 spiro atoms. The Kier molecular flexibility index (Phi) is 7.14. The summed E-state index contributed by atoms with van der Waals surface area (Å²) in [5.41, 5.74) is 0. The standard InChI is InChI=1S/C10H18F3NO3/c11-10(12,13)4-1-5-14-6-2-8(16)9(17)3-7-15/h6,8-9,15-17H,1-5,7H2/t8-,9-/m1/s1/i6D. The van der Waals surface area contributed by atoms with Crippen LogP contribution in [0.25, 0.3) is 0 Å². The van der Waals surface area contributed by atoms with Crippen LogP contribution in [0.2, 0.25) is 0 Å². The number of rotatable bonds is 8. The Bertz CT molecular complexity index is 261. The fraction of sp³-hybridized carbons (Fsp3) is 0.900. The Morgan fingerprint density at radius 1 is 1.29 bits per heavy atom. The van der Waals surface area contributed by atoms with Crippen LogP contribution < -0.4 is 0 Å². The van der Waals surface area contributed by atoms with Gasteiger partial charge in [-0.25, -0.2) is 0 Å². The fourth-order valence-corrected chi connectivity index (χ4v) is 1.06. The first-order valence-electron chi connectivity index (χ1n) is 5.80. The molecule has 0 aliphatic rings. The average molecular weight is 258 g/mol. The summed E-state index contributed by atoms with van der Waals surface area (Å²) >= 11 is 0. The zero-order valence-electron chi connectivity index (χ0n) is 10.3. The maximum atomic E-state index is 11.8. The summed E-state index contributed by atoms with van der Waals surface area (Å²) in [6.07, 6.45) is -8.33. The molecule has 0 aliphatic heterocycles. The van der Waals surface area contributed by atoms with Crippen LogP contribution in [-0.2, 0) is 0 Å². The average Bonchev–Trinajstić information content (AvgIpc) is 2.23. The lowest BCUT2D eigenvalue weighted by Gasteiger charge is -2.14. The highest BCUT2D eigenvalue weighted by Gasteiger charge is 2.25. The highest BCUT2D eigenvalue weighted by atomic mass is 19.4. The predicted octanol–water partition coefficient (Wildman–Crippen LogP) is 0.894. The van der Waals surface area contributed by atoms with Crippen molar-refractivity contribution >= 4 is 6.19 Å². The number of alkyl halides is 3. The molecule has 3 N–H and O–H groups in total. The number of aliphatic hydroxyl groups excluding tert-OH is 3. The molecular formula is C10H18F3NO3. The van der Waals surface area contributed by atoms with Gasteiger partial charge in [0.2, 0.25) is 0 Å². The van der Waals surface area contributed by atoms with Crippen LogP contribution in [0.4, 0.5) is 13.2 Å². The van der Waals surface area contributed by atoms with Gasteiger partial charge in [0.15, 0.2) is 0 Å². The van der Waals surface area contributed by atoms with Crippen molar-refractivity contribution in [2.75, 3.05) is 13.2 Å². The molecule has 0 aromatic carbocycles. The Labute approximate surface area is 99.2 Å². The van der Waals surface area contributed by atoms with E-state index in [1.165, 1.54) is 0 Å². The van der Waals surface area contributed by atoms with Gasteiger partial charge in [0.1, 0.15) is 0 Å². The van der Waals surface area contributed by atoms with Gasteiger partial charge in [-0.2, -0.15) is 13.2 Å². The number of aliphatic imine (C=N–C) groups is 1. The molecular weight excluding hydrogens is 239 g/mol. The third-order valence-corrected chi connectivity index (χ3v) is 2.01. The molecule has 0 saturated carbocycles.